The van der Waals surface area contributed by atoms with Crippen LogP contribution in [-0.4, -0.2) is 17.6 Å². The van der Waals surface area contributed by atoms with Crippen molar-refractivity contribution >= 4 is 17.2 Å². The standard InChI is InChI=1S/C20H19NO2S/c22-19(18-10-11-24-14-18)13-21-20(23)12-15-6-8-17(9-7-15)16-4-2-1-3-5-16/h1-11,14,19,22H,12-13H2,(H,21,23). The zero-order chi connectivity index (χ0) is 16.8. The highest BCUT2D eigenvalue weighted by Gasteiger charge is 2.10. The van der Waals surface area contributed by atoms with E-state index in [4.69, 9.17) is 0 Å². The predicted octanol–water partition coefficient (Wildman–Crippen LogP) is 3.81. The molecule has 1 heterocycles. The number of hydrogen-bond donors (Lipinski definition) is 2. The quantitative estimate of drug-likeness (QED) is 0.719. The van der Waals surface area contributed by atoms with E-state index in [1.807, 2.05) is 59.3 Å². The Hall–Kier alpha value is -2.43. The van der Waals surface area contributed by atoms with Gasteiger partial charge in [-0.15, -0.1) is 0 Å². The number of benzene rings is 2. The van der Waals surface area contributed by atoms with Crippen LogP contribution in [0.25, 0.3) is 11.1 Å². The number of hydrogen-bond acceptors (Lipinski definition) is 3. The van der Waals surface area contributed by atoms with Crippen LogP contribution in [0.2, 0.25) is 0 Å². The molecule has 0 aliphatic heterocycles. The van der Waals surface area contributed by atoms with Crippen molar-refractivity contribution in [3.8, 4) is 11.1 Å². The van der Waals surface area contributed by atoms with Crippen molar-refractivity contribution in [2.45, 2.75) is 12.5 Å². The third-order valence-electron chi connectivity index (χ3n) is 3.85. The van der Waals surface area contributed by atoms with Gasteiger partial charge in [-0.1, -0.05) is 54.6 Å². The second-order valence-corrected chi connectivity index (χ2v) is 6.40. The molecule has 0 bridgehead atoms. The van der Waals surface area contributed by atoms with Crippen LogP contribution in [0.5, 0.6) is 0 Å². The fraction of sp³-hybridized carbons (Fsp3) is 0.150. The van der Waals surface area contributed by atoms with Gasteiger partial charge in [0.25, 0.3) is 0 Å². The van der Waals surface area contributed by atoms with Gasteiger partial charge in [0, 0.05) is 6.54 Å². The highest BCUT2D eigenvalue weighted by molar-refractivity contribution is 7.07. The van der Waals surface area contributed by atoms with Crippen LogP contribution in [0.15, 0.2) is 71.4 Å². The molecule has 4 heteroatoms. The Labute approximate surface area is 145 Å². The molecule has 2 aromatic carbocycles. The van der Waals surface area contributed by atoms with Crippen molar-refractivity contribution < 1.29 is 9.90 Å². The number of aliphatic hydroxyl groups is 1. The molecular formula is C20H19NO2S. The summed E-state index contributed by atoms with van der Waals surface area (Å²) in [7, 11) is 0. The van der Waals surface area contributed by atoms with Crippen LogP contribution in [-0.2, 0) is 11.2 Å². The molecule has 1 unspecified atom stereocenters. The maximum absolute atomic E-state index is 12.0. The first-order chi connectivity index (χ1) is 11.7. The normalized spacial score (nSPS) is 11.9. The molecular weight excluding hydrogens is 318 g/mol. The highest BCUT2D eigenvalue weighted by Crippen LogP contribution is 2.19. The minimum atomic E-state index is -0.652. The van der Waals surface area contributed by atoms with E-state index in [-0.39, 0.29) is 12.5 Å². The molecule has 1 aromatic heterocycles. The molecule has 3 rings (SSSR count). The Morgan fingerprint density at radius 2 is 1.71 bits per heavy atom. The molecule has 0 saturated carbocycles. The van der Waals surface area contributed by atoms with Crippen LogP contribution in [0, 0.1) is 0 Å². The topological polar surface area (TPSA) is 49.3 Å². The van der Waals surface area contributed by atoms with Crippen molar-refractivity contribution in [1.29, 1.82) is 0 Å². The van der Waals surface area contributed by atoms with Crippen LogP contribution in [0.4, 0.5) is 0 Å². The van der Waals surface area contributed by atoms with Gasteiger partial charge in [-0.05, 0) is 39.1 Å². The number of carbonyl (C=O) groups excluding carboxylic acids is 1. The molecule has 2 N–H and O–H groups in total. The van der Waals surface area contributed by atoms with E-state index in [1.54, 1.807) is 0 Å². The van der Waals surface area contributed by atoms with Gasteiger partial charge in [0.1, 0.15) is 0 Å². The first-order valence-electron chi connectivity index (χ1n) is 7.83. The Bertz CT molecular complexity index is 767. The Morgan fingerprint density at radius 1 is 1.00 bits per heavy atom. The Kier molecular flexibility index (Phi) is 5.41. The number of thiophene rings is 1. The Morgan fingerprint density at radius 3 is 2.38 bits per heavy atom. The van der Waals surface area contributed by atoms with Gasteiger partial charge in [0.05, 0.1) is 12.5 Å². The molecule has 1 amide bonds. The summed E-state index contributed by atoms with van der Waals surface area (Å²) in [6.07, 6.45) is -0.341. The molecule has 3 aromatic rings. The van der Waals surface area contributed by atoms with E-state index in [0.717, 1.165) is 22.3 Å². The summed E-state index contributed by atoms with van der Waals surface area (Å²) in [5.41, 5.74) is 4.09. The minimum absolute atomic E-state index is 0.0864. The summed E-state index contributed by atoms with van der Waals surface area (Å²) < 4.78 is 0. The molecule has 0 fully saturated rings. The fourth-order valence-electron chi connectivity index (χ4n) is 2.49. The average molecular weight is 337 g/mol. The third-order valence-corrected chi connectivity index (χ3v) is 4.55. The van der Waals surface area contributed by atoms with Gasteiger partial charge in [-0.3, -0.25) is 4.79 Å². The van der Waals surface area contributed by atoms with Gasteiger partial charge < -0.3 is 10.4 Å². The summed E-state index contributed by atoms with van der Waals surface area (Å²) in [6, 6.07) is 20.0. The van der Waals surface area contributed by atoms with E-state index in [2.05, 4.69) is 17.4 Å². The zero-order valence-electron chi connectivity index (χ0n) is 13.2. The van der Waals surface area contributed by atoms with Crippen molar-refractivity contribution in [2.75, 3.05) is 6.54 Å². The summed E-state index contributed by atoms with van der Waals surface area (Å²) in [6.45, 7) is 0.234. The SMILES string of the molecule is O=C(Cc1ccc(-c2ccccc2)cc1)NCC(O)c1ccsc1. The maximum Gasteiger partial charge on any atom is 0.224 e. The molecule has 0 radical (unpaired) electrons. The lowest BCUT2D eigenvalue weighted by atomic mass is 10.0. The summed E-state index contributed by atoms with van der Waals surface area (Å²) >= 11 is 1.53. The van der Waals surface area contributed by atoms with E-state index < -0.39 is 6.10 Å². The van der Waals surface area contributed by atoms with E-state index >= 15 is 0 Å². The van der Waals surface area contributed by atoms with Crippen molar-refractivity contribution in [3.63, 3.8) is 0 Å². The molecule has 24 heavy (non-hydrogen) atoms. The monoisotopic (exact) mass is 337 g/mol. The minimum Gasteiger partial charge on any atom is -0.387 e. The number of rotatable bonds is 6. The molecule has 122 valence electrons. The lowest BCUT2D eigenvalue weighted by Crippen LogP contribution is -2.29. The molecule has 0 spiro atoms. The molecule has 0 saturated heterocycles. The number of amides is 1. The van der Waals surface area contributed by atoms with Crippen LogP contribution < -0.4 is 5.32 Å². The Balaban J connectivity index is 1.53. The van der Waals surface area contributed by atoms with Crippen molar-refractivity contribution in [2.24, 2.45) is 0 Å². The van der Waals surface area contributed by atoms with Gasteiger partial charge in [-0.2, -0.15) is 11.3 Å². The third kappa shape index (κ3) is 4.31. The van der Waals surface area contributed by atoms with E-state index in [9.17, 15) is 9.90 Å². The van der Waals surface area contributed by atoms with Crippen LogP contribution in [0.3, 0.4) is 0 Å². The lowest BCUT2D eigenvalue weighted by molar-refractivity contribution is -0.120. The largest absolute Gasteiger partial charge is 0.387 e. The molecule has 0 aliphatic rings. The van der Waals surface area contributed by atoms with Crippen LogP contribution >= 0.6 is 11.3 Å². The van der Waals surface area contributed by atoms with Crippen molar-refractivity contribution in [3.05, 3.63) is 82.6 Å². The number of carbonyl (C=O) groups is 1. The number of aliphatic hydroxyl groups excluding tert-OH is 1. The highest BCUT2D eigenvalue weighted by atomic mass is 32.1. The van der Waals surface area contributed by atoms with E-state index in [0.29, 0.717) is 6.42 Å². The zero-order valence-corrected chi connectivity index (χ0v) is 14.0. The first-order valence-corrected chi connectivity index (χ1v) is 8.78. The second-order valence-electron chi connectivity index (χ2n) is 5.62. The second kappa shape index (κ2) is 7.90. The van der Waals surface area contributed by atoms with Crippen molar-refractivity contribution in [1.82, 2.24) is 5.32 Å². The van der Waals surface area contributed by atoms with Crippen LogP contribution in [0.1, 0.15) is 17.2 Å². The summed E-state index contributed by atoms with van der Waals surface area (Å²) in [5.74, 6) is -0.0864. The van der Waals surface area contributed by atoms with E-state index in [1.165, 1.54) is 11.3 Å². The van der Waals surface area contributed by atoms with Gasteiger partial charge in [-0.25, -0.2) is 0 Å². The smallest absolute Gasteiger partial charge is 0.224 e. The van der Waals surface area contributed by atoms with Gasteiger partial charge >= 0.3 is 0 Å². The maximum atomic E-state index is 12.0. The first kappa shape index (κ1) is 16.4. The summed E-state index contributed by atoms with van der Waals surface area (Å²) in [4.78, 5) is 12.0. The average Bonchev–Trinajstić information content (AvgIpc) is 3.16. The summed E-state index contributed by atoms with van der Waals surface area (Å²) in [5, 5.41) is 16.6. The van der Waals surface area contributed by atoms with Gasteiger partial charge in [0.2, 0.25) is 5.91 Å². The van der Waals surface area contributed by atoms with Gasteiger partial charge in [0.15, 0.2) is 0 Å². The molecule has 0 aliphatic carbocycles. The fourth-order valence-corrected chi connectivity index (χ4v) is 3.19. The lowest BCUT2D eigenvalue weighted by Gasteiger charge is -2.11. The predicted molar refractivity (Wildman–Crippen MR) is 97.9 cm³/mol. The molecule has 3 nitrogen and oxygen atoms in total. The number of nitrogens with one attached hydrogen (secondary N) is 1. The molecule has 1 atom stereocenters.